The van der Waals surface area contributed by atoms with Gasteiger partial charge in [0.1, 0.15) is 5.76 Å². The van der Waals surface area contributed by atoms with E-state index >= 15 is 0 Å². The van der Waals surface area contributed by atoms with Gasteiger partial charge in [-0.1, -0.05) is 23.7 Å². The van der Waals surface area contributed by atoms with Gasteiger partial charge in [-0.2, -0.15) is 5.10 Å². The first-order valence-electron chi connectivity index (χ1n) is 9.02. The van der Waals surface area contributed by atoms with E-state index in [9.17, 15) is 4.79 Å². The van der Waals surface area contributed by atoms with Crippen molar-refractivity contribution in [3.63, 3.8) is 0 Å². The number of nitrogens with one attached hydrogen (secondary N) is 1. The number of imidazole rings is 1. The molecule has 0 atom stereocenters. The van der Waals surface area contributed by atoms with Crippen LogP contribution in [0.4, 0.5) is 5.95 Å². The van der Waals surface area contributed by atoms with E-state index in [2.05, 4.69) is 15.4 Å². The van der Waals surface area contributed by atoms with Gasteiger partial charge in [-0.3, -0.25) is 14.8 Å². The number of aryl methyl sites for hydroxylation is 2. The molecule has 0 saturated carbocycles. The molecule has 4 aromatic rings. The smallest absolute Gasteiger partial charge is 0.293 e. The van der Waals surface area contributed by atoms with Crippen LogP contribution in [0.15, 0.2) is 40.8 Å². The number of carbonyl (C=O) groups excluding carboxylic acids is 1. The average molecular weight is 398 g/mol. The van der Waals surface area contributed by atoms with Gasteiger partial charge in [-0.15, -0.1) is 0 Å². The Balaban J connectivity index is 1.54. The van der Waals surface area contributed by atoms with E-state index in [1.807, 2.05) is 49.6 Å². The Labute approximate surface area is 166 Å². The van der Waals surface area contributed by atoms with Crippen molar-refractivity contribution in [1.82, 2.24) is 19.3 Å². The zero-order valence-electron chi connectivity index (χ0n) is 15.9. The molecule has 144 valence electrons. The summed E-state index contributed by atoms with van der Waals surface area (Å²) < 4.78 is 9.43. The Bertz CT molecular complexity index is 1170. The van der Waals surface area contributed by atoms with Crippen molar-refractivity contribution in [2.75, 3.05) is 5.32 Å². The summed E-state index contributed by atoms with van der Waals surface area (Å²) in [5.41, 5.74) is 3.43. The van der Waals surface area contributed by atoms with Gasteiger partial charge in [0.15, 0.2) is 5.76 Å². The minimum absolute atomic E-state index is 0.220. The second kappa shape index (κ2) is 7.16. The summed E-state index contributed by atoms with van der Waals surface area (Å²) in [4.78, 5) is 17.2. The Hall–Kier alpha value is -3.06. The third kappa shape index (κ3) is 3.18. The van der Waals surface area contributed by atoms with Crippen LogP contribution in [0.3, 0.4) is 0 Å². The molecule has 0 aliphatic rings. The van der Waals surface area contributed by atoms with Crippen molar-refractivity contribution < 1.29 is 9.21 Å². The Morgan fingerprint density at radius 3 is 2.71 bits per heavy atom. The van der Waals surface area contributed by atoms with Crippen LogP contribution < -0.4 is 5.32 Å². The van der Waals surface area contributed by atoms with Crippen molar-refractivity contribution in [2.45, 2.75) is 33.9 Å². The summed E-state index contributed by atoms with van der Waals surface area (Å²) in [6, 6.07) is 11.2. The topological polar surface area (TPSA) is 77.9 Å². The van der Waals surface area contributed by atoms with Crippen molar-refractivity contribution in [2.24, 2.45) is 0 Å². The summed E-state index contributed by atoms with van der Waals surface area (Å²) in [6.07, 6.45) is 0. The van der Waals surface area contributed by atoms with E-state index < -0.39 is 0 Å². The van der Waals surface area contributed by atoms with Crippen LogP contribution >= 0.6 is 11.6 Å². The third-order valence-electron chi connectivity index (χ3n) is 4.68. The van der Waals surface area contributed by atoms with Gasteiger partial charge in [0.25, 0.3) is 5.91 Å². The minimum Gasteiger partial charge on any atom is -0.454 e. The Morgan fingerprint density at radius 1 is 1.21 bits per heavy atom. The first-order valence-corrected chi connectivity index (χ1v) is 9.40. The largest absolute Gasteiger partial charge is 0.454 e. The lowest BCUT2D eigenvalue weighted by atomic mass is 10.3. The molecule has 4 rings (SSSR count). The number of rotatable bonds is 5. The fourth-order valence-electron chi connectivity index (χ4n) is 3.22. The molecule has 0 fully saturated rings. The zero-order valence-corrected chi connectivity index (χ0v) is 16.6. The standard InChI is InChI=1S/C20H20ClN5O2/c1-4-25-16-8-6-5-7-15(16)22-20(25)23-19(27)17-10-9-14(28-17)11-26-13(3)18(21)12(2)24-26/h5-10H,4,11H2,1-3H3,(H,22,23,27). The zero-order chi connectivity index (χ0) is 19.8. The summed E-state index contributed by atoms with van der Waals surface area (Å²) in [5, 5.41) is 7.87. The number of anilines is 1. The number of amides is 1. The van der Waals surface area contributed by atoms with Gasteiger partial charge in [0, 0.05) is 6.54 Å². The van der Waals surface area contributed by atoms with Crippen LogP contribution in [-0.2, 0) is 13.1 Å². The van der Waals surface area contributed by atoms with Gasteiger partial charge in [0.2, 0.25) is 5.95 Å². The highest BCUT2D eigenvalue weighted by atomic mass is 35.5. The predicted octanol–water partition coefficient (Wildman–Crippen LogP) is 4.42. The molecule has 1 N–H and O–H groups in total. The molecule has 1 aromatic carbocycles. The van der Waals surface area contributed by atoms with Gasteiger partial charge >= 0.3 is 0 Å². The summed E-state index contributed by atoms with van der Waals surface area (Å²) in [5.74, 6) is 0.994. The third-order valence-corrected chi connectivity index (χ3v) is 5.23. The van der Waals surface area contributed by atoms with Crippen molar-refractivity contribution in [1.29, 1.82) is 0 Å². The van der Waals surface area contributed by atoms with Crippen LogP contribution in [0.5, 0.6) is 0 Å². The molecule has 0 saturated heterocycles. The molecule has 0 aliphatic carbocycles. The molecule has 1 amide bonds. The number of fused-ring (bicyclic) bond motifs is 1. The molecule has 0 aliphatic heterocycles. The van der Waals surface area contributed by atoms with Gasteiger partial charge < -0.3 is 8.98 Å². The fourth-order valence-corrected chi connectivity index (χ4v) is 3.35. The first kappa shape index (κ1) is 18.3. The molecule has 8 heteroatoms. The van der Waals surface area contributed by atoms with E-state index in [0.29, 0.717) is 29.8 Å². The molecule has 0 radical (unpaired) electrons. The number of para-hydroxylation sites is 2. The number of furan rings is 1. The quantitative estimate of drug-likeness (QED) is 0.540. The number of carbonyl (C=O) groups is 1. The summed E-state index contributed by atoms with van der Waals surface area (Å²) in [6.45, 7) is 6.85. The summed E-state index contributed by atoms with van der Waals surface area (Å²) >= 11 is 6.19. The van der Waals surface area contributed by atoms with Crippen molar-refractivity contribution in [3.8, 4) is 0 Å². The van der Waals surface area contributed by atoms with Crippen LogP contribution in [0.25, 0.3) is 11.0 Å². The number of aromatic nitrogens is 4. The highest BCUT2D eigenvalue weighted by Crippen LogP contribution is 2.22. The van der Waals surface area contributed by atoms with E-state index in [1.54, 1.807) is 16.8 Å². The lowest BCUT2D eigenvalue weighted by Crippen LogP contribution is -2.15. The predicted molar refractivity (Wildman–Crippen MR) is 108 cm³/mol. The molecule has 28 heavy (non-hydrogen) atoms. The first-order chi connectivity index (χ1) is 13.5. The number of hydrogen-bond donors (Lipinski definition) is 1. The number of benzene rings is 1. The Morgan fingerprint density at radius 2 is 2.00 bits per heavy atom. The molecule has 7 nitrogen and oxygen atoms in total. The van der Waals surface area contributed by atoms with Crippen LogP contribution in [0, 0.1) is 13.8 Å². The van der Waals surface area contributed by atoms with E-state index in [0.717, 1.165) is 22.4 Å². The molecular weight excluding hydrogens is 378 g/mol. The fraction of sp³-hybridized carbons (Fsp3) is 0.250. The van der Waals surface area contributed by atoms with Crippen LogP contribution in [0.1, 0.15) is 34.6 Å². The molecule has 3 heterocycles. The van der Waals surface area contributed by atoms with E-state index in [1.165, 1.54) is 0 Å². The second-order valence-electron chi connectivity index (χ2n) is 6.53. The number of hydrogen-bond acceptors (Lipinski definition) is 4. The molecular formula is C20H20ClN5O2. The van der Waals surface area contributed by atoms with Gasteiger partial charge in [0.05, 0.1) is 34.0 Å². The Kier molecular flexibility index (Phi) is 4.68. The SMILES string of the molecule is CCn1c(NC(=O)c2ccc(Cn3nc(C)c(Cl)c3C)o2)nc2ccccc21. The highest BCUT2D eigenvalue weighted by molar-refractivity contribution is 6.31. The maximum atomic E-state index is 12.6. The van der Waals surface area contributed by atoms with Crippen molar-refractivity contribution >= 4 is 34.5 Å². The highest BCUT2D eigenvalue weighted by Gasteiger charge is 2.17. The lowest BCUT2D eigenvalue weighted by molar-refractivity contribution is 0.0993. The molecule has 0 spiro atoms. The maximum absolute atomic E-state index is 12.6. The van der Waals surface area contributed by atoms with Crippen LogP contribution in [0.2, 0.25) is 5.02 Å². The van der Waals surface area contributed by atoms with Crippen molar-refractivity contribution in [3.05, 3.63) is 64.3 Å². The molecule has 3 aromatic heterocycles. The molecule has 0 bridgehead atoms. The normalized spacial score (nSPS) is 11.3. The number of halogens is 1. The van der Waals surface area contributed by atoms with E-state index in [-0.39, 0.29) is 11.7 Å². The maximum Gasteiger partial charge on any atom is 0.293 e. The summed E-state index contributed by atoms with van der Waals surface area (Å²) in [7, 11) is 0. The lowest BCUT2D eigenvalue weighted by Gasteiger charge is -2.06. The van der Waals surface area contributed by atoms with Gasteiger partial charge in [-0.25, -0.2) is 4.98 Å². The second-order valence-corrected chi connectivity index (χ2v) is 6.91. The monoisotopic (exact) mass is 397 g/mol. The number of nitrogens with zero attached hydrogens (tertiary/aromatic N) is 4. The van der Waals surface area contributed by atoms with Crippen LogP contribution in [-0.4, -0.2) is 25.2 Å². The van der Waals surface area contributed by atoms with E-state index in [4.69, 9.17) is 16.0 Å². The molecule has 0 unspecified atom stereocenters. The average Bonchev–Trinajstić information content (AvgIpc) is 3.35. The minimum atomic E-state index is -0.345. The van der Waals surface area contributed by atoms with Gasteiger partial charge in [-0.05, 0) is 45.0 Å².